The molecule has 1 aliphatic heterocycles. The molecule has 2 amide bonds. The van der Waals surface area contributed by atoms with Crippen molar-refractivity contribution in [2.75, 3.05) is 0 Å². The summed E-state index contributed by atoms with van der Waals surface area (Å²) < 4.78 is 0. The number of nitrogens with zero attached hydrogens (tertiary/aromatic N) is 2. The number of imide groups is 1. The van der Waals surface area contributed by atoms with Gasteiger partial charge in [-0.3, -0.25) is 14.5 Å². The van der Waals surface area contributed by atoms with Crippen molar-refractivity contribution in [3.05, 3.63) is 0 Å². The van der Waals surface area contributed by atoms with Crippen molar-refractivity contribution in [1.82, 2.24) is 4.90 Å². The molecule has 0 aromatic carbocycles. The van der Waals surface area contributed by atoms with Gasteiger partial charge in [-0.15, -0.1) is 0 Å². The maximum absolute atomic E-state index is 11.6. The number of carbonyl (C=O) groups is 2. The number of carbonyl (C=O) groups excluding carboxylic acids is 2. The lowest BCUT2D eigenvalue weighted by Gasteiger charge is -2.37. The van der Waals surface area contributed by atoms with Crippen LogP contribution in [0.25, 0.3) is 0 Å². The number of amides is 2. The van der Waals surface area contributed by atoms with Crippen LogP contribution in [0.5, 0.6) is 0 Å². The van der Waals surface area contributed by atoms with Crippen molar-refractivity contribution in [2.45, 2.75) is 50.5 Å². The molecular formula is C11H14N2O2. The van der Waals surface area contributed by atoms with Crippen molar-refractivity contribution in [3.63, 3.8) is 0 Å². The zero-order valence-electron chi connectivity index (χ0n) is 8.66. The Labute approximate surface area is 88.9 Å². The lowest BCUT2D eigenvalue weighted by molar-refractivity contribution is -0.144. The first kappa shape index (κ1) is 10.2. The van der Waals surface area contributed by atoms with Crippen LogP contribution in [0, 0.1) is 11.3 Å². The highest BCUT2D eigenvalue weighted by molar-refractivity contribution is 6.03. The molecule has 0 aromatic heterocycles. The molecule has 1 saturated heterocycles. The Morgan fingerprint density at radius 3 is 2.07 bits per heavy atom. The zero-order chi connectivity index (χ0) is 10.9. The Bertz CT molecular complexity index is 321. The van der Waals surface area contributed by atoms with Crippen molar-refractivity contribution >= 4 is 11.8 Å². The molecule has 80 valence electrons. The fourth-order valence-electron chi connectivity index (χ4n) is 2.58. The van der Waals surface area contributed by atoms with E-state index < -0.39 is 5.54 Å². The third kappa shape index (κ3) is 1.52. The zero-order valence-corrected chi connectivity index (χ0v) is 8.66. The fraction of sp³-hybridized carbons (Fsp3) is 0.727. The highest BCUT2D eigenvalue weighted by atomic mass is 16.2. The summed E-state index contributed by atoms with van der Waals surface area (Å²) in [6.07, 6.45) is 4.83. The molecule has 0 N–H and O–H groups in total. The lowest BCUT2D eigenvalue weighted by atomic mass is 9.81. The van der Waals surface area contributed by atoms with Gasteiger partial charge >= 0.3 is 0 Å². The standard InChI is InChI=1S/C11H14N2O2/c12-8-11(6-2-1-3-7-11)13-9(14)4-5-10(13)15/h1-7H2. The van der Waals surface area contributed by atoms with Crippen LogP contribution in [0.1, 0.15) is 44.9 Å². The average molecular weight is 206 g/mol. The largest absolute Gasteiger partial charge is 0.274 e. The van der Waals surface area contributed by atoms with Gasteiger partial charge in [0, 0.05) is 12.8 Å². The van der Waals surface area contributed by atoms with Crippen LogP contribution in [0.2, 0.25) is 0 Å². The summed E-state index contributed by atoms with van der Waals surface area (Å²) in [6.45, 7) is 0. The number of hydrogen-bond donors (Lipinski definition) is 0. The predicted octanol–water partition coefficient (Wildman–Crippen LogP) is 1.36. The van der Waals surface area contributed by atoms with Crippen molar-refractivity contribution in [1.29, 1.82) is 5.26 Å². The molecule has 2 aliphatic rings. The Balaban J connectivity index is 2.29. The van der Waals surface area contributed by atoms with Gasteiger partial charge < -0.3 is 0 Å². The quantitative estimate of drug-likeness (QED) is 0.608. The van der Waals surface area contributed by atoms with E-state index in [-0.39, 0.29) is 24.7 Å². The second kappa shape index (κ2) is 3.65. The molecule has 1 saturated carbocycles. The second-order valence-electron chi connectivity index (χ2n) is 4.33. The van der Waals surface area contributed by atoms with E-state index in [0.717, 1.165) is 19.3 Å². The van der Waals surface area contributed by atoms with Crippen LogP contribution < -0.4 is 0 Å². The van der Waals surface area contributed by atoms with Gasteiger partial charge in [0.15, 0.2) is 0 Å². The van der Waals surface area contributed by atoms with Crippen LogP contribution in [-0.4, -0.2) is 22.3 Å². The molecule has 4 nitrogen and oxygen atoms in total. The van der Waals surface area contributed by atoms with Gasteiger partial charge in [-0.2, -0.15) is 5.26 Å². The Hall–Kier alpha value is -1.37. The maximum Gasteiger partial charge on any atom is 0.231 e. The second-order valence-corrected chi connectivity index (χ2v) is 4.33. The molecule has 0 aromatic rings. The van der Waals surface area contributed by atoms with Crippen LogP contribution in [-0.2, 0) is 9.59 Å². The Morgan fingerprint density at radius 2 is 1.60 bits per heavy atom. The van der Waals surface area contributed by atoms with Crippen molar-refractivity contribution < 1.29 is 9.59 Å². The Kier molecular flexibility index (Phi) is 2.47. The topological polar surface area (TPSA) is 61.2 Å². The van der Waals surface area contributed by atoms with Gasteiger partial charge in [-0.1, -0.05) is 19.3 Å². The van der Waals surface area contributed by atoms with Crippen molar-refractivity contribution in [3.8, 4) is 6.07 Å². The fourth-order valence-corrected chi connectivity index (χ4v) is 2.58. The van der Waals surface area contributed by atoms with E-state index in [1.165, 1.54) is 4.90 Å². The van der Waals surface area contributed by atoms with E-state index in [4.69, 9.17) is 0 Å². The number of rotatable bonds is 1. The van der Waals surface area contributed by atoms with Gasteiger partial charge in [-0.25, -0.2) is 0 Å². The van der Waals surface area contributed by atoms with Crippen LogP contribution in [0.3, 0.4) is 0 Å². The molecule has 1 aliphatic carbocycles. The minimum Gasteiger partial charge on any atom is -0.274 e. The first-order valence-electron chi connectivity index (χ1n) is 5.47. The average Bonchev–Trinajstić information content (AvgIpc) is 2.60. The van der Waals surface area contributed by atoms with Gasteiger partial charge in [-0.05, 0) is 12.8 Å². The van der Waals surface area contributed by atoms with E-state index in [9.17, 15) is 14.9 Å². The molecule has 0 spiro atoms. The third-order valence-electron chi connectivity index (χ3n) is 3.37. The van der Waals surface area contributed by atoms with E-state index in [2.05, 4.69) is 6.07 Å². The first-order chi connectivity index (χ1) is 7.19. The van der Waals surface area contributed by atoms with E-state index in [1.54, 1.807) is 0 Å². The van der Waals surface area contributed by atoms with Crippen LogP contribution >= 0.6 is 0 Å². The summed E-state index contributed by atoms with van der Waals surface area (Å²) in [5, 5.41) is 9.24. The van der Waals surface area contributed by atoms with Gasteiger partial charge in [0.2, 0.25) is 11.8 Å². The molecule has 1 heterocycles. The first-order valence-corrected chi connectivity index (χ1v) is 5.47. The summed E-state index contributed by atoms with van der Waals surface area (Å²) in [6, 6.07) is 2.20. The number of hydrogen-bond acceptors (Lipinski definition) is 3. The van der Waals surface area contributed by atoms with Crippen LogP contribution in [0.4, 0.5) is 0 Å². The summed E-state index contributed by atoms with van der Waals surface area (Å²) in [5.74, 6) is -0.327. The normalized spacial score (nSPS) is 25.4. The van der Waals surface area contributed by atoms with Crippen LogP contribution in [0.15, 0.2) is 0 Å². The number of nitriles is 1. The molecule has 0 unspecified atom stereocenters. The van der Waals surface area contributed by atoms with E-state index >= 15 is 0 Å². The lowest BCUT2D eigenvalue weighted by Crippen LogP contribution is -2.51. The minimum absolute atomic E-state index is 0.163. The maximum atomic E-state index is 11.6. The molecule has 0 atom stereocenters. The monoisotopic (exact) mass is 206 g/mol. The Morgan fingerprint density at radius 1 is 1.07 bits per heavy atom. The third-order valence-corrected chi connectivity index (χ3v) is 3.37. The summed E-state index contributed by atoms with van der Waals surface area (Å²) >= 11 is 0. The summed E-state index contributed by atoms with van der Waals surface area (Å²) in [5.41, 5.74) is -0.817. The van der Waals surface area contributed by atoms with Gasteiger partial charge in [0.1, 0.15) is 5.54 Å². The highest BCUT2D eigenvalue weighted by Crippen LogP contribution is 2.36. The smallest absolute Gasteiger partial charge is 0.231 e. The molecular weight excluding hydrogens is 192 g/mol. The molecule has 0 bridgehead atoms. The molecule has 4 heteroatoms. The summed E-state index contributed by atoms with van der Waals surface area (Å²) in [4.78, 5) is 24.4. The number of likely N-dealkylation sites (tertiary alicyclic amines) is 1. The van der Waals surface area contributed by atoms with E-state index in [0.29, 0.717) is 12.8 Å². The molecule has 0 radical (unpaired) electrons. The SMILES string of the molecule is N#CC1(N2C(=O)CCC2=O)CCCCC1. The predicted molar refractivity (Wildman–Crippen MR) is 52.5 cm³/mol. The van der Waals surface area contributed by atoms with E-state index in [1.807, 2.05) is 0 Å². The van der Waals surface area contributed by atoms with Crippen molar-refractivity contribution in [2.24, 2.45) is 0 Å². The van der Waals surface area contributed by atoms with Gasteiger partial charge in [0.25, 0.3) is 0 Å². The highest BCUT2D eigenvalue weighted by Gasteiger charge is 2.47. The summed E-state index contributed by atoms with van der Waals surface area (Å²) in [7, 11) is 0. The minimum atomic E-state index is -0.817. The molecule has 2 rings (SSSR count). The molecule has 2 fully saturated rings. The molecule has 15 heavy (non-hydrogen) atoms. The van der Waals surface area contributed by atoms with Gasteiger partial charge in [0.05, 0.1) is 6.07 Å².